The minimum Gasteiger partial charge on any atom is -0.462 e. The zero-order chi connectivity index (χ0) is 33.6. The molecule has 8 heteroatoms. The standard InChI is InChI=1S/C38H62O8/c1-21(2)23-11-16-38(20-44-33-32(43)31(42)30(41)25(19-39)46-33)18-17-36(7)24(29(23)38)9-10-27-35(6)14-13-28(45-22(3)40)34(4,5)26(35)12-15-37(27,36)8/h23-33,39,41-43H,1,9-20H2,2-8H3/t23-,24+,25+,26-,27?,28+,29+,30+,31-,32+,33+,35-,36+,37+,38+/m0/s1. The van der Waals surface area contributed by atoms with E-state index in [1.54, 1.807) is 6.92 Å². The fraction of sp³-hybridized carbons (Fsp3) is 0.921. The summed E-state index contributed by atoms with van der Waals surface area (Å²) in [6.07, 6.45) is 4.76. The van der Waals surface area contributed by atoms with Crippen molar-refractivity contribution in [1.29, 1.82) is 0 Å². The first kappa shape index (κ1) is 34.8. The van der Waals surface area contributed by atoms with Gasteiger partial charge in [0.05, 0.1) is 13.2 Å². The van der Waals surface area contributed by atoms with Gasteiger partial charge in [-0.3, -0.25) is 4.79 Å². The van der Waals surface area contributed by atoms with E-state index in [1.165, 1.54) is 24.8 Å². The van der Waals surface area contributed by atoms with Gasteiger partial charge < -0.3 is 34.6 Å². The minimum absolute atomic E-state index is 0.0202. The van der Waals surface area contributed by atoms with Crippen LogP contribution in [0.5, 0.6) is 0 Å². The lowest BCUT2D eigenvalue weighted by molar-refractivity contribution is -0.311. The van der Waals surface area contributed by atoms with Crippen molar-refractivity contribution in [3.8, 4) is 0 Å². The van der Waals surface area contributed by atoms with Crippen molar-refractivity contribution in [2.75, 3.05) is 13.2 Å². The first-order valence-corrected chi connectivity index (χ1v) is 18.2. The van der Waals surface area contributed by atoms with Crippen molar-refractivity contribution < 1.29 is 39.4 Å². The molecule has 8 nitrogen and oxygen atoms in total. The van der Waals surface area contributed by atoms with Crippen LogP contribution < -0.4 is 0 Å². The maximum atomic E-state index is 12.0. The Morgan fingerprint density at radius 2 is 1.54 bits per heavy atom. The number of carbonyl (C=O) groups is 1. The summed E-state index contributed by atoms with van der Waals surface area (Å²) in [5, 5.41) is 41.2. The number of aliphatic hydroxyl groups excluding tert-OH is 4. The molecule has 0 bridgehead atoms. The highest BCUT2D eigenvalue weighted by Gasteiger charge is 2.71. The molecule has 6 fully saturated rings. The summed E-state index contributed by atoms with van der Waals surface area (Å²) in [6, 6.07) is 0. The molecule has 6 aliphatic rings. The van der Waals surface area contributed by atoms with Crippen LogP contribution in [0.2, 0.25) is 0 Å². The van der Waals surface area contributed by atoms with Crippen molar-refractivity contribution in [2.24, 2.45) is 56.7 Å². The molecule has 1 heterocycles. The summed E-state index contributed by atoms with van der Waals surface area (Å²) in [5.41, 5.74) is 1.66. The van der Waals surface area contributed by atoms with E-state index in [1.807, 2.05) is 0 Å². The summed E-state index contributed by atoms with van der Waals surface area (Å²) >= 11 is 0. The second kappa shape index (κ2) is 11.8. The number of hydrogen-bond donors (Lipinski definition) is 4. The zero-order valence-electron chi connectivity index (χ0n) is 29.5. The highest BCUT2D eigenvalue weighted by Crippen LogP contribution is 2.77. The van der Waals surface area contributed by atoms with E-state index in [-0.39, 0.29) is 39.1 Å². The van der Waals surface area contributed by atoms with Gasteiger partial charge in [0.15, 0.2) is 6.29 Å². The third-order valence-corrected chi connectivity index (χ3v) is 15.9. The molecule has 6 rings (SSSR count). The van der Waals surface area contributed by atoms with Crippen LogP contribution in [0.1, 0.15) is 113 Å². The van der Waals surface area contributed by atoms with Crippen molar-refractivity contribution in [3.05, 3.63) is 12.2 Å². The van der Waals surface area contributed by atoms with Gasteiger partial charge in [-0.2, -0.15) is 0 Å². The normalized spacial score (nSPS) is 52.9. The van der Waals surface area contributed by atoms with Gasteiger partial charge in [0.25, 0.3) is 0 Å². The number of rotatable bonds is 6. The van der Waals surface area contributed by atoms with Crippen LogP contribution in [0.25, 0.3) is 0 Å². The van der Waals surface area contributed by atoms with Crippen molar-refractivity contribution in [2.45, 2.75) is 149 Å². The summed E-state index contributed by atoms with van der Waals surface area (Å²) in [4.78, 5) is 12.0. The molecule has 1 aliphatic heterocycles. The fourth-order valence-corrected chi connectivity index (χ4v) is 13.4. The highest BCUT2D eigenvalue weighted by molar-refractivity contribution is 5.66. The van der Waals surface area contributed by atoms with E-state index in [9.17, 15) is 25.2 Å². The van der Waals surface area contributed by atoms with Gasteiger partial charge in [-0.1, -0.05) is 46.8 Å². The predicted octanol–water partition coefficient (Wildman–Crippen LogP) is 5.39. The van der Waals surface area contributed by atoms with Crippen LogP contribution in [0.4, 0.5) is 0 Å². The molecule has 0 radical (unpaired) electrons. The van der Waals surface area contributed by atoms with Gasteiger partial charge in [-0.25, -0.2) is 0 Å². The molecule has 5 saturated carbocycles. The molecule has 262 valence electrons. The Morgan fingerprint density at radius 1 is 0.826 bits per heavy atom. The molecular weight excluding hydrogens is 584 g/mol. The molecule has 15 atom stereocenters. The van der Waals surface area contributed by atoms with Crippen LogP contribution in [-0.2, 0) is 19.0 Å². The lowest BCUT2D eigenvalue weighted by atomic mass is 9.32. The molecule has 5 aliphatic carbocycles. The van der Waals surface area contributed by atoms with E-state index >= 15 is 0 Å². The maximum absolute atomic E-state index is 12.0. The molecule has 0 aromatic heterocycles. The molecule has 0 spiro atoms. The predicted molar refractivity (Wildman–Crippen MR) is 174 cm³/mol. The van der Waals surface area contributed by atoms with Gasteiger partial charge >= 0.3 is 5.97 Å². The van der Waals surface area contributed by atoms with Crippen LogP contribution in [0.3, 0.4) is 0 Å². The number of ether oxygens (including phenoxy) is 3. The Kier molecular flexibility index (Phi) is 8.93. The second-order valence-corrected chi connectivity index (χ2v) is 18.0. The quantitative estimate of drug-likeness (QED) is 0.224. The molecule has 46 heavy (non-hydrogen) atoms. The SMILES string of the molecule is C=C(C)[C@@H]1CC[C@]2(CO[C@@H]3O[C@H](CO)[C@@H](O)[C@H](O)[C@H]3O)CC[C@]3(C)[C@H](CCC4[C@@]5(C)CC[C@@H](OC(C)=O)C(C)(C)[C@@H]5CC[C@]43C)[C@@H]12. The number of esters is 1. The lowest BCUT2D eigenvalue weighted by Crippen LogP contribution is -2.67. The summed E-state index contributed by atoms with van der Waals surface area (Å²) in [7, 11) is 0. The molecule has 0 amide bonds. The highest BCUT2D eigenvalue weighted by atomic mass is 16.7. The van der Waals surface area contributed by atoms with Crippen LogP contribution in [0.15, 0.2) is 12.2 Å². The Bertz CT molecular complexity index is 1190. The Hall–Kier alpha value is -1.03. The minimum atomic E-state index is -1.44. The van der Waals surface area contributed by atoms with Crippen LogP contribution >= 0.6 is 0 Å². The zero-order valence-corrected chi connectivity index (χ0v) is 29.5. The lowest BCUT2D eigenvalue weighted by Gasteiger charge is -2.73. The third kappa shape index (κ3) is 4.93. The average Bonchev–Trinajstić information content (AvgIpc) is 3.37. The summed E-state index contributed by atoms with van der Waals surface area (Å²) in [6.45, 7) is 20.7. The number of aliphatic hydroxyl groups is 4. The van der Waals surface area contributed by atoms with Crippen molar-refractivity contribution >= 4 is 5.97 Å². The van der Waals surface area contributed by atoms with E-state index in [2.05, 4.69) is 48.1 Å². The smallest absolute Gasteiger partial charge is 0.302 e. The van der Waals surface area contributed by atoms with Gasteiger partial charge in [-0.05, 0) is 122 Å². The third-order valence-electron chi connectivity index (χ3n) is 15.9. The van der Waals surface area contributed by atoms with Gasteiger partial charge in [0, 0.05) is 12.3 Å². The first-order chi connectivity index (χ1) is 21.5. The topological polar surface area (TPSA) is 126 Å². The number of hydrogen-bond acceptors (Lipinski definition) is 8. The van der Waals surface area contributed by atoms with E-state index < -0.39 is 37.3 Å². The Morgan fingerprint density at radius 3 is 2.20 bits per heavy atom. The number of fused-ring (bicyclic) bond motifs is 7. The van der Waals surface area contributed by atoms with Gasteiger partial charge in [-0.15, -0.1) is 0 Å². The molecular formula is C38H62O8. The van der Waals surface area contributed by atoms with Crippen LogP contribution in [0, 0.1) is 56.7 Å². The molecule has 0 aromatic rings. The fourth-order valence-electron chi connectivity index (χ4n) is 13.4. The molecule has 4 N–H and O–H groups in total. The molecule has 0 aromatic carbocycles. The Balaban J connectivity index is 1.28. The van der Waals surface area contributed by atoms with Crippen molar-refractivity contribution in [3.63, 3.8) is 0 Å². The summed E-state index contributed by atoms with van der Waals surface area (Å²) < 4.78 is 18.1. The number of allylic oxidation sites excluding steroid dienone is 1. The van der Waals surface area contributed by atoms with Crippen molar-refractivity contribution in [1.82, 2.24) is 0 Å². The van der Waals surface area contributed by atoms with Gasteiger partial charge in [0.1, 0.15) is 30.5 Å². The second-order valence-electron chi connectivity index (χ2n) is 18.0. The van der Waals surface area contributed by atoms with Crippen LogP contribution in [-0.4, -0.2) is 76.4 Å². The van der Waals surface area contributed by atoms with Gasteiger partial charge in [0.2, 0.25) is 0 Å². The summed E-state index contributed by atoms with van der Waals surface area (Å²) in [5.74, 6) is 2.30. The maximum Gasteiger partial charge on any atom is 0.302 e. The molecule has 1 unspecified atom stereocenters. The molecule has 1 saturated heterocycles. The van der Waals surface area contributed by atoms with E-state index in [0.717, 1.165) is 44.9 Å². The largest absolute Gasteiger partial charge is 0.462 e. The van der Waals surface area contributed by atoms with E-state index in [0.29, 0.717) is 36.2 Å². The average molecular weight is 647 g/mol. The van der Waals surface area contributed by atoms with E-state index in [4.69, 9.17) is 14.2 Å². The Labute approximate surface area is 276 Å². The monoisotopic (exact) mass is 646 g/mol. The number of carbonyl (C=O) groups excluding carboxylic acids is 1. The first-order valence-electron chi connectivity index (χ1n) is 18.2.